The molecule has 7 heteroatoms. The summed E-state index contributed by atoms with van der Waals surface area (Å²) in [4.78, 5) is 19.3. The Morgan fingerprint density at radius 3 is 2.82 bits per heavy atom. The first-order valence-electron chi connectivity index (χ1n) is 9.80. The number of likely N-dealkylation sites (tertiary alicyclic amines) is 1. The summed E-state index contributed by atoms with van der Waals surface area (Å²) < 4.78 is 12.4. The van der Waals surface area contributed by atoms with Gasteiger partial charge in [-0.05, 0) is 11.1 Å². The summed E-state index contributed by atoms with van der Waals surface area (Å²) in [5.74, 6) is 1.82. The number of aryl methyl sites for hydroxylation is 1. The summed E-state index contributed by atoms with van der Waals surface area (Å²) in [6, 6.07) is 8.53. The van der Waals surface area contributed by atoms with Crippen molar-refractivity contribution in [3.63, 3.8) is 0 Å². The Morgan fingerprint density at radius 1 is 1.25 bits per heavy atom. The fraction of sp³-hybridized carbons (Fsp3) is 0.524. The molecule has 7 nitrogen and oxygen atoms in total. The molecule has 2 heterocycles. The minimum absolute atomic E-state index is 0.0334. The molecule has 3 atom stereocenters. The van der Waals surface area contributed by atoms with Crippen molar-refractivity contribution < 1.29 is 14.3 Å². The van der Waals surface area contributed by atoms with Gasteiger partial charge in [0.05, 0.1) is 25.8 Å². The topological polar surface area (TPSA) is 68.6 Å². The highest BCUT2D eigenvalue weighted by Crippen LogP contribution is 2.49. The number of ether oxygens (including phenoxy) is 2. The van der Waals surface area contributed by atoms with Gasteiger partial charge in [0.25, 0.3) is 0 Å². The van der Waals surface area contributed by atoms with Crippen molar-refractivity contribution in [2.75, 3.05) is 40.0 Å². The van der Waals surface area contributed by atoms with Crippen LogP contribution in [0.15, 0.2) is 36.7 Å². The van der Waals surface area contributed by atoms with Gasteiger partial charge in [-0.1, -0.05) is 24.3 Å². The fourth-order valence-corrected chi connectivity index (χ4v) is 4.53. The van der Waals surface area contributed by atoms with Crippen molar-refractivity contribution in [2.45, 2.75) is 18.5 Å². The van der Waals surface area contributed by atoms with Gasteiger partial charge in [-0.25, -0.2) is 4.98 Å². The van der Waals surface area contributed by atoms with Gasteiger partial charge in [0.15, 0.2) is 0 Å². The van der Waals surface area contributed by atoms with Gasteiger partial charge in [0.1, 0.15) is 12.4 Å². The third kappa shape index (κ3) is 3.83. The lowest BCUT2D eigenvalue weighted by Gasteiger charge is -2.23. The van der Waals surface area contributed by atoms with Crippen molar-refractivity contribution in [3.8, 4) is 0 Å². The number of rotatable bonds is 8. The van der Waals surface area contributed by atoms with E-state index in [0.29, 0.717) is 25.0 Å². The van der Waals surface area contributed by atoms with Gasteiger partial charge < -0.3 is 19.4 Å². The van der Waals surface area contributed by atoms with E-state index >= 15 is 0 Å². The van der Waals surface area contributed by atoms with E-state index in [1.54, 1.807) is 7.11 Å². The van der Waals surface area contributed by atoms with Crippen molar-refractivity contribution >= 4 is 5.91 Å². The molecule has 1 aromatic heterocycles. The number of aromatic nitrogens is 2. The van der Waals surface area contributed by atoms with E-state index in [-0.39, 0.29) is 18.6 Å². The molecule has 0 bridgehead atoms. The number of imidazole rings is 1. The molecule has 28 heavy (non-hydrogen) atoms. The number of methoxy groups -OCH3 is 1. The smallest absolute Gasteiger partial charge is 0.246 e. The zero-order valence-electron chi connectivity index (χ0n) is 16.5. The van der Waals surface area contributed by atoms with E-state index in [9.17, 15) is 4.79 Å². The molecular weight excluding hydrogens is 356 g/mol. The van der Waals surface area contributed by atoms with Crippen LogP contribution in [0.3, 0.4) is 0 Å². The summed E-state index contributed by atoms with van der Waals surface area (Å²) in [6.07, 6.45) is 3.82. The van der Waals surface area contributed by atoms with Crippen LogP contribution in [0.1, 0.15) is 28.9 Å². The highest BCUT2D eigenvalue weighted by Gasteiger charge is 2.46. The molecule has 1 saturated heterocycles. The molecule has 0 unspecified atom stereocenters. The van der Waals surface area contributed by atoms with Crippen LogP contribution in [0, 0.1) is 5.92 Å². The second-order valence-electron chi connectivity index (χ2n) is 7.64. The molecule has 1 aromatic carbocycles. The number of benzene rings is 1. The third-order valence-electron chi connectivity index (χ3n) is 5.87. The first kappa shape index (κ1) is 19.1. The van der Waals surface area contributed by atoms with Crippen LogP contribution >= 0.6 is 0 Å². The molecule has 4 rings (SSSR count). The molecule has 1 fully saturated rings. The molecule has 1 N–H and O–H groups in total. The summed E-state index contributed by atoms with van der Waals surface area (Å²) in [5.41, 5.74) is 2.61. The van der Waals surface area contributed by atoms with E-state index in [4.69, 9.17) is 9.47 Å². The predicted octanol–water partition coefficient (Wildman–Crippen LogP) is 1.47. The van der Waals surface area contributed by atoms with E-state index in [1.165, 1.54) is 11.1 Å². The van der Waals surface area contributed by atoms with Crippen LogP contribution in [0.25, 0.3) is 0 Å². The van der Waals surface area contributed by atoms with Gasteiger partial charge in [0, 0.05) is 51.5 Å². The van der Waals surface area contributed by atoms with Crippen LogP contribution in [-0.4, -0.2) is 60.4 Å². The number of nitrogens with one attached hydrogen (secondary N) is 1. The molecule has 0 saturated carbocycles. The largest absolute Gasteiger partial charge is 0.382 e. The molecule has 0 radical (unpaired) electrons. The molecular formula is C21H28N4O3. The maximum absolute atomic E-state index is 12.4. The van der Waals surface area contributed by atoms with Crippen molar-refractivity contribution in [1.29, 1.82) is 0 Å². The highest BCUT2D eigenvalue weighted by atomic mass is 16.5. The number of hydrogen-bond acceptors (Lipinski definition) is 5. The maximum atomic E-state index is 12.4. The molecule has 1 amide bonds. The summed E-state index contributed by atoms with van der Waals surface area (Å²) in [7, 11) is 3.65. The van der Waals surface area contributed by atoms with Gasteiger partial charge in [-0.3, -0.25) is 9.69 Å². The summed E-state index contributed by atoms with van der Waals surface area (Å²) >= 11 is 0. The van der Waals surface area contributed by atoms with Crippen LogP contribution in [0.2, 0.25) is 0 Å². The normalized spacial score (nSPS) is 23.6. The molecule has 2 aliphatic rings. The highest BCUT2D eigenvalue weighted by molar-refractivity contribution is 5.78. The van der Waals surface area contributed by atoms with Crippen LogP contribution in [0.4, 0.5) is 0 Å². The summed E-state index contributed by atoms with van der Waals surface area (Å²) in [5, 5.41) is 3.22. The number of fused-ring (bicyclic) bond motifs is 3. The standard InChI is InChI=1S/C21H28N4O3/c1-24-8-7-22-19(24)13-25-11-17-15-5-3-4-6-16(15)21(18(17)12-25)23-20(26)14-28-10-9-27-2/h3-8,17-18,21H,9-14H2,1-2H3,(H,23,26)/t17-,18-,21+/m0/s1. The number of nitrogens with zero attached hydrogens (tertiary/aromatic N) is 3. The SMILES string of the molecule is COCCOCC(=O)N[C@@H]1c2ccccc2[C@@H]2CN(Cc3nccn3C)C[C@H]12. The fourth-order valence-electron chi connectivity index (χ4n) is 4.53. The average Bonchev–Trinajstić information content (AvgIpc) is 3.36. The Hall–Kier alpha value is -2.22. The number of amides is 1. The zero-order valence-corrected chi connectivity index (χ0v) is 16.5. The first-order chi connectivity index (χ1) is 13.7. The Morgan fingerprint density at radius 2 is 2.07 bits per heavy atom. The lowest BCUT2D eigenvalue weighted by molar-refractivity contribution is -0.127. The lowest BCUT2D eigenvalue weighted by atomic mass is 9.94. The quantitative estimate of drug-likeness (QED) is 0.698. The van der Waals surface area contributed by atoms with Gasteiger partial charge in [-0.2, -0.15) is 0 Å². The van der Waals surface area contributed by atoms with Crippen LogP contribution in [0.5, 0.6) is 0 Å². The second-order valence-corrected chi connectivity index (χ2v) is 7.64. The second kappa shape index (κ2) is 8.43. The molecule has 2 aromatic rings. The maximum Gasteiger partial charge on any atom is 0.246 e. The van der Waals surface area contributed by atoms with Gasteiger partial charge in [0.2, 0.25) is 5.91 Å². The van der Waals surface area contributed by atoms with Crippen molar-refractivity contribution in [2.24, 2.45) is 13.0 Å². The Balaban J connectivity index is 1.44. The van der Waals surface area contributed by atoms with E-state index in [2.05, 4.69) is 44.0 Å². The monoisotopic (exact) mass is 384 g/mol. The van der Waals surface area contributed by atoms with E-state index in [0.717, 1.165) is 25.5 Å². The Kier molecular flexibility index (Phi) is 5.75. The number of hydrogen-bond donors (Lipinski definition) is 1. The first-order valence-corrected chi connectivity index (χ1v) is 9.80. The Bertz CT molecular complexity index is 821. The lowest BCUT2D eigenvalue weighted by Crippen LogP contribution is -2.36. The van der Waals surface area contributed by atoms with Crippen molar-refractivity contribution in [1.82, 2.24) is 19.8 Å². The molecule has 1 aliphatic carbocycles. The van der Waals surface area contributed by atoms with Crippen molar-refractivity contribution in [3.05, 3.63) is 53.6 Å². The molecule has 1 aliphatic heterocycles. The van der Waals surface area contributed by atoms with Crippen LogP contribution in [-0.2, 0) is 27.9 Å². The average molecular weight is 384 g/mol. The predicted molar refractivity (Wildman–Crippen MR) is 105 cm³/mol. The minimum atomic E-state index is -0.0703. The van der Waals surface area contributed by atoms with E-state index in [1.807, 2.05) is 19.4 Å². The number of carbonyl (C=O) groups excluding carboxylic acids is 1. The Labute approximate surface area is 165 Å². The van der Waals surface area contributed by atoms with E-state index < -0.39 is 0 Å². The molecule has 0 spiro atoms. The third-order valence-corrected chi connectivity index (χ3v) is 5.87. The van der Waals surface area contributed by atoms with Gasteiger partial charge >= 0.3 is 0 Å². The van der Waals surface area contributed by atoms with Crippen LogP contribution < -0.4 is 5.32 Å². The van der Waals surface area contributed by atoms with Gasteiger partial charge in [-0.15, -0.1) is 0 Å². The summed E-state index contributed by atoms with van der Waals surface area (Å²) in [6.45, 7) is 3.75. The zero-order chi connectivity index (χ0) is 19.5. The molecule has 150 valence electrons. The minimum Gasteiger partial charge on any atom is -0.382 e. The number of carbonyl (C=O) groups is 1.